The van der Waals surface area contributed by atoms with Gasteiger partial charge in [-0.2, -0.15) is 0 Å². The lowest BCUT2D eigenvalue weighted by Gasteiger charge is -2.38. The molecule has 3 aromatic heterocycles. The summed E-state index contributed by atoms with van der Waals surface area (Å²) in [6.45, 7) is 2.40. The molecule has 13 nitrogen and oxygen atoms in total. The van der Waals surface area contributed by atoms with E-state index in [1.165, 1.54) is 30.0 Å². The summed E-state index contributed by atoms with van der Waals surface area (Å²) < 4.78 is 5.31. The SMILES string of the molecule is CN1CCc2nc(C(=O)N[C@@H]3CN(c4nnco4)CC[C@@H]3NC(=O)C(=O)Nc3ccc(Cl)cn3)sc2C1. The van der Waals surface area contributed by atoms with Crippen LogP contribution in [0.2, 0.25) is 5.02 Å². The van der Waals surface area contributed by atoms with Crippen molar-refractivity contribution in [1.82, 2.24) is 35.7 Å². The van der Waals surface area contributed by atoms with E-state index in [2.05, 4.69) is 41.0 Å². The van der Waals surface area contributed by atoms with Crippen molar-refractivity contribution >= 4 is 52.5 Å². The summed E-state index contributed by atoms with van der Waals surface area (Å²) in [5, 5.41) is 16.6. The number of thiazole rings is 1. The van der Waals surface area contributed by atoms with E-state index >= 15 is 0 Å². The van der Waals surface area contributed by atoms with Gasteiger partial charge in [-0.05, 0) is 25.6 Å². The summed E-state index contributed by atoms with van der Waals surface area (Å²) in [6.07, 6.45) is 3.80. The lowest BCUT2D eigenvalue weighted by molar-refractivity contribution is -0.136. The molecule has 37 heavy (non-hydrogen) atoms. The molecule has 0 aromatic carbocycles. The molecule has 2 atom stereocenters. The molecule has 3 aromatic rings. The van der Waals surface area contributed by atoms with E-state index in [1.54, 1.807) is 6.07 Å². The van der Waals surface area contributed by atoms with Crippen LogP contribution >= 0.6 is 22.9 Å². The minimum atomic E-state index is -0.879. The Morgan fingerprint density at radius 1 is 1.16 bits per heavy atom. The Labute approximate surface area is 220 Å². The minimum Gasteiger partial charge on any atom is -0.411 e. The molecule has 0 saturated carbocycles. The third-order valence-corrected chi connectivity index (χ3v) is 7.46. The fourth-order valence-electron chi connectivity index (χ4n) is 4.26. The quantitative estimate of drug-likeness (QED) is 0.389. The first kappa shape index (κ1) is 25.0. The van der Waals surface area contributed by atoms with E-state index in [0.29, 0.717) is 29.0 Å². The number of likely N-dealkylation sites (N-methyl/N-ethyl adjacent to an activating group) is 1. The molecule has 2 aliphatic rings. The molecule has 194 valence electrons. The van der Waals surface area contributed by atoms with Crippen molar-refractivity contribution in [2.24, 2.45) is 0 Å². The molecule has 0 unspecified atom stereocenters. The number of nitrogens with one attached hydrogen (secondary N) is 3. The van der Waals surface area contributed by atoms with E-state index in [0.717, 1.165) is 30.1 Å². The highest BCUT2D eigenvalue weighted by Gasteiger charge is 2.35. The number of pyridine rings is 1. The Morgan fingerprint density at radius 2 is 2.03 bits per heavy atom. The molecule has 1 saturated heterocycles. The molecule has 3 amide bonds. The molecule has 5 heterocycles. The van der Waals surface area contributed by atoms with Crippen molar-refractivity contribution in [2.75, 3.05) is 36.9 Å². The number of carbonyl (C=O) groups excluding carboxylic acids is 3. The first-order valence-corrected chi connectivity index (χ1v) is 12.8. The zero-order valence-electron chi connectivity index (χ0n) is 19.8. The lowest BCUT2D eigenvalue weighted by atomic mass is 9.99. The van der Waals surface area contributed by atoms with Gasteiger partial charge in [0.05, 0.1) is 22.8 Å². The van der Waals surface area contributed by atoms with Crippen LogP contribution in [0.4, 0.5) is 11.8 Å². The zero-order valence-corrected chi connectivity index (χ0v) is 21.4. The highest BCUT2D eigenvalue weighted by atomic mass is 35.5. The first-order valence-electron chi connectivity index (χ1n) is 11.6. The number of aromatic nitrogens is 4. The van der Waals surface area contributed by atoms with Crippen molar-refractivity contribution in [1.29, 1.82) is 0 Å². The second-order valence-corrected chi connectivity index (χ2v) is 10.3. The second kappa shape index (κ2) is 10.8. The average molecular weight is 546 g/mol. The van der Waals surface area contributed by atoms with Gasteiger partial charge in [-0.15, -0.1) is 16.4 Å². The third kappa shape index (κ3) is 5.87. The summed E-state index contributed by atoms with van der Waals surface area (Å²) in [6, 6.07) is 2.27. The summed E-state index contributed by atoms with van der Waals surface area (Å²) in [7, 11) is 2.03. The molecule has 15 heteroatoms. The number of carbonyl (C=O) groups is 3. The minimum absolute atomic E-state index is 0.194. The van der Waals surface area contributed by atoms with Crippen LogP contribution in [0.25, 0.3) is 0 Å². The molecule has 0 radical (unpaired) electrons. The molecule has 1 fully saturated rings. The van der Waals surface area contributed by atoms with Crippen molar-refractivity contribution < 1.29 is 18.8 Å². The fourth-order valence-corrected chi connectivity index (χ4v) is 5.46. The Kier molecular flexibility index (Phi) is 7.30. The number of rotatable bonds is 5. The van der Waals surface area contributed by atoms with Gasteiger partial charge in [-0.25, -0.2) is 9.97 Å². The molecular formula is C22H24ClN9O4S. The van der Waals surface area contributed by atoms with Gasteiger partial charge in [0.15, 0.2) is 5.01 Å². The van der Waals surface area contributed by atoms with Crippen molar-refractivity contribution in [3.8, 4) is 0 Å². The molecule has 5 rings (SSSR count). The number of fused-ring (bicyclic) bond motifs is 1. The Morgan fingerprint density at radius 3 is 2.78 bits per heavy atom. The van der Waals surface area contributed by atoms with Gasteiger partial charge < -0.3 is 30.2 Å². The van der Waals surface area contributed by atoms with Crippen molar-refractivity contribution in [2.45, 2.75) is 31.5 Å². The Balaban J connectivity index is 1.28. The van der Waals surface area contributed by atoms with Crippen LogP contribution in [0.15, 0.2) is 29.1 Å². The van der Waals surface area contributed by atoms with Crippen LogP contribution < -0.4 is 20.9 Å². The standard InChI is InChI=1S/C22H24ClN9O4S/c1-31-6-4-14-16(10-31)37-21(28-14)20(35)27-15-9-32(22-30-25-11-36-22)7-5-13(15)26-18(33)19(34)29-17-3-2-12(23)8-24-17/h2-3,8,11,13,15H,4-7,9-10H2,1H3,(H,26,33)(H,27,35)(H,24,29,34)/t13-,15+/m0/s1. The number of anilines is 2. The van der Waals surface area contributed by atoms with E-state index in [4.69, 9.17) is 16.0 Å². The van der Waals surface area contributed by atoms with Crippen LogP contribution in [0, 0.1) is 0 Å². The zero-order chi connectivity index (χ0) is 25.9. The van der Waals surface area contributed by atoms with E-state index < -0.39 is 23.9 Å². The summed E-state index contributed by atoms with van der Waals surface area (Å²) >= 11 is 7.18. The lowest BCUT2D eigenvalue weighted by Crippen LogP contribution is -2.61. The van der Waals surface area contributed by atoms with Gasteiger partial charge in [0, 0.05) is 43.7 Å². The molecule has 0 spiro atoms. The second-order valence-electron chi connectivity index (χ2n) is 8.81. The van der Waals surface area contributed by atoms with Crippen LogP contribution in [0.1, 0.15) is 26.8 Å². The average Bonchev–Trinajstić information content (AvgIpc) is 3.56. The smallest absolute Gasteiger partial charge is 0.318 e. The van der Waals surface area contributed by atoms with E-state index in [-0.39, 0.29) is 18.3 Å². The summed E-state index contributed by atoms with van der Waals surface area (Å²) in [5.41, 5.74) is 0.946. The monoisotopic (exact) mass is 545 g/mol. The largest absolute Gasteiger partial charge is 0.411 e. The van der Waals surface area contributed by atoms with E-state index in [9.17, 15) is 14.4 Å². The predicted octanol–water partition coefficient (Wildman–Crippen LogP) is 0.695. The number of halogens is 1. The van der Waals surface area contributed by atoms with Gasteiger partial charge in [0.2, 0.25) is 6.39 Å². The van der Waals surface area contributed by atoms with Crippen LogP contribution in [-0.2, 0) is 22.6 Å². The maximum absolute atomic E-state index is 13.2. The molecule has 0 bridgehead atoms. The number of hydrogen-bond acceptors (Lipinski definition) is 11. The van der Waals surface area contributed by atoms with Gasteiger partial charge in [0.1, 0.15) is 5.82 Å². The number of nitrogens with zero attached hydrogens (tertiary/aromatic N) is 6. The maximum atomic E-state index is 13.2. The van der Waals surface area contributed by atoms with Crippen LogP contribution in [0.3, 0.4) is 0 Å². The topological polar surface area (TPSA) is 158 Å². The molecule has 0 aliphatic carbocycles. The van der Waals surface area contributed by atoms with Gasteiger partial charge >= 0.3 is 17.8 Å². The highest BCUT2D eigenvalue weighted by Crippen LogP contribution is 2.25. The van der Waals surface area contributed by atoms with Gasteiger partial charge in [-0.1, -0.05) is 16.7 Å². The molecule has 3 N–H and O–H groups in total. The summed E-state index contributed by atoms with van der Waals surface area (Å²) in [5.74, 6) is -1.87. The highest BCUT2D eigenvalue weighted by molar-refractivity contribution is 7.13. The van der Waals surface area contributed by atoms with Crippen LogP contribution in [-0.4, -0.2) is 81.6 Å². The maximum Gasteiger partial charge on any atom is 0.318 e. The molecular weight excluding hydrogens is 522 g/mol. The fraction of sp³-hybridized carbons (Fsp3) is 0.409. The number of hydrogen-bond donors (Lipinski definition) is 3. The Hall–Kier alpha value is -3.62. The Bertz CT molecular complexity index is 1280. The van der Waals surface area contributed by atoms with Gasteiger partial charge in [0.25, 0.3) is 5.91 Å². The van der Waals surface area contributed by atoms with Crippen molar-refractivity contribution in [3.05, 3.63) is 45.3 Å². The van der Waals surface area contributed by atoms with Gasteiger partial charge in [-0.3, -0.25) is 14.4 Å². The van der Waals surface area contributed by atoms with Crippen LogP contribution in [0.5, 0.6) is 0 Å². The number of piperidine rings is 1. The summed E-state index contributed by atoms with van der Waals surface area (Å²) in [4.78, 5) is 51.9. The molecule has 2 aliphatic heterocycles. The van der Waals surface area contributed by atoms with E-state index in [1.807, 2.05) is 11.9 Å². The van der Waals surface area contributed by atoms with Crippen molar-refractivity contribution in [3.63, 3.8) is 0 Å². The number of amides is 3. The predicted molar refractivity (Wildman–Crippen MR) is 134 cm³/mol. The first-order chi connectivity index (χ1) is 17.9. The third-order valence-electron chi connectivity index (χ3n) is 6.16. The normalized spacial score (nSPS) is 19.7.